The Bertz CT molecular complexity index is 442. The Balaban J connectivity index is 2.22. The second-order valence-corrected chi connectivity index (χ2v) is 6.29. The van der Waals surface area contributed by atoms with Gasteiger partial charge < -0.3 is 5.11 Å². The summed E-state index contributed by atoms with van der Waals surface area (Å²) < 4.78 is 25.3. The van der Waals surface area contributed by atoms with E-state index in [2.05, 4.69) is 9.71 Å². The molecule has 0 unspecified atom stereocenters. The third-order valence-corrected chi connectivity index (χ3v) is 4.26. The first-order valence-electron chi connectivity index (χ1n) is 5.07. The number of nitrogens with one attached hydrogen (secondary N) is 1. The van der Waals surface area contributed by atoms with Gasteiger partial charge in [0.05, 0.1) is 10.8 Å². The molecule has 0 radical (unpaired) electrons. The van der Waals surface area contributed by atoms with E-state index in [0.717, 1.165) is 5.01 Å². The minimum absolute atomic E-state index is 0.127. The number of carboxylic acids is 1. The Hall–Kier alpha value is -0.990. The van der Waals surface area contributed by atoms with Gasteiger partial charge in [0.2, 0.25) is 10.0 Å². The SMILES string of the molecule is O=C(O)CCCS(=O)(=O)NCCc1nccs1. The molecule has 1 rings (SSSR count). The van der Waals surface area contributed by atoms with Crippen molar-refractivity contribution in [1.29, 1.82) is 0 Å². The number of thiazole rings is 1. The Kier molecular flexibility index (Phi) is 5.52. The van der Waals surface area contributed by atoms with E-state index in [-0.39, 0.29) is 18.6 Å². The van der Waals surface area contributed by atoms with Gasteiger partial charge in [-0.2, -0.15) is 0 Å². The van der Waals surface area contributed by atoms with Gasteiger partial charge in [-0.05, 0) is 6.42 Å². The monoisotopic (exact) mass is 278 g/mol. The highest BCUT2D eigenvalue weighted by atomic mass is 32.2. The van der Waals surface area contributed by atoms with E-state index in [4.69, 9.17) is 5.11 Å². The van der Waals surface area contributed by atoms with Crippen LogP contribution in [-0.4, -0.2) is 36.8 Å². The van der Waals surface area contributed by atoms with Crippen LogP contribution in [0.2, 0.25) is 0 Å². The van der Waals surface area contributed by atoms with E-state index >= 15 is 0 Å². The van der Waals surface area contributed by atoms with Crippen LogP contribution in [0.5, 0.6) is 0 Å². The molecular weight excluding hydrogens is 264 g/mol. The second kappa shape index (κ2) is 6.67. The van der Waals surface area contributed by atoms with E-state index in [1.54, 1.807) is 6.20 Å². The van der Waals surface area contributed by atoms with Crippen LogP contribution in [0.3, 0.4) is 0 Å². The summed E-state index contributed by atoms with van der Waals surface area (Å²) in [6.07, 6.45) is 2.21. The van der Waals surface area contributed by atoms with Crippen LogP contribution in [-0.2, 0) is 21.2 Å². The average molecular weight is 278 g/mol. The molecule has 1 heterocycles. The van der Waals surface area contributed by atoms with Crippen molar-refractivity contribution in [3.63, 3.8) is 0 Å². The smallest absolute Gasteiger partial charge is 0.303 e. The summed E-state index contributed by atoms with van der Waals surface area (Å²) in [6.45, 7) is 0.295. The van der Waals surface area contributed by atoms with Crippen molar-refractivity contribution in [1.82, 2.24) is 9.71 Å². The molecule has 6 nitrogen and oxygen atoms in total. The number of carboxylic acid groups (broad SMARTS) is 1. The van der Waals surface area contributed by atoms with E-state index < -0.39 is 16.0 Å². The number of sulfonamides is 1. The van der Waals surface area contributed by atoms with Crippen molar-refractivity contribution in [3.8, 4) is 0 Å². The third kappa shape index (κ3) is 6.35. The molecule has 0 amide bonds. The second-order valence-electron chi connectivity index (χ2n) is 3.39. The Labute approximate surface area is 104 Å². The van der Waals surface area contributed by atoms with E-state index in [1.165, 1.54) is 11.3 Å². The van der Waals surface area contributed by atoms with Crippen LogP contribution in [0.1, 0.15) is 17.8 Å². The molecule has 1 aromatic heterocycles. The van der Waals surface area contributed by atoms with Gasteiger partial charge in [0.25, 0.3) is 0 Å². The molecule has 8 heteroatoms. The van der Waals surface area contributed by atoms with Crippen molar-refractivity contribution in [2.45, 2.75) is 19.3 Å². The normalized spacial score (nSPS) is 11.5. The zero-order valence-electron chi connectivity index (χ0n) is 9.13. The van der Waals surface area contributed by atoms with Crippen LogP contribution in [0, 0.1) is 0 Å². The third-order valence-electron chi connectivity index (χ3n) is 1.95. The van der Waals surface area contributed by atoms with Gasteiger partial charge in [-0.15, -0.1) is 11.3 Å². The lowest BCUT2D eigenvalue weighted by Crippen LogP contribution is -2.28. The fraction of sp³-hybridized carbons (Fsp3) is 0.556. The highest BCUT2D eigenvalue weighted by Crippen LogP contribution is 2.04. The Morgan fingerprint density at radius 1 is 1.53 bits per heavy atom. The Morgan fingerprint density at radius 2 is 2.29 bits per heavy atom. The van der Waals surface area contributed by atoms with Crippen LogP contribution in [0.15, 0.2) is 11.6 Å². The maximum atomic E-state index is 11.4. The molecule has 0 fully saturated rings. The van der Waals surface area contributed by atoms with Crippen molar-refractivity contribution in [2.75, 3.05) is 12.3 Å². The lowest BCUT2D eigenvalue weighted by molar-refractivity contribution is -0.137. The first-order chi connectivity index (χ1) is 7.99. The zero-order chi connectivity index (χ0) is 12.7. The quantitative estimate of drug-likeness (QED) is 0.720. The highest BCUT2D eigenvalue weighted by molar-refractivity contribution is 7.89. The molecule has 0 spiro atoms. The van der Waals surface area contributed by atoms with Crippen molar-refractivity contribution in [2.24, 2.45) is 0 Å². The van der Waals surface area contributed by atoms with Gasteiger partial charge in [-0.1, -0.05) is 0 Å². The van der Waals surface area contributed by atoms with Crippen molar-refractivity contribution >= 4 is 27.3 Å². The van der Waals surface area contributed by atoms with Gasteiger partial charge in [0, 0.05) is 31.0 Å². The molecule has 2 N–H and O–H groups in total. The summed E-state index contributed by atoms with van der Waals surface area (Å²) in [5.41, 5.74) is 0. The van der Waals surface area contributed by atoms with Gasteiger partial charge in [0.15, 0.2) is 0 Å². The van der Waals surface area contributed by atoms with E-state index in [0.29, 0.717) is 13.0 Å². The largest absolute Gasteiger partial charge is 0.481 e. The first-order valence-corrected chi connectivity index (χ1v) is 7.60. The number of hydrogen-bond donors (Lipinski definition) is 2. The summed E-state index contributed by atoms with van der Waals surface area (Å²) >= 11 is 1.47. The minimum atomic E-state index is -3.37. The molecule has 0 bridgehead atoms. The summed E-state index contributed by atoms with van der Waals surface area (Å²) in [7, 11) is -3.37. The predicted molar refractivity (Wildman–Crippen MR) is 64.5 cm³/mol. The summed E-state index contributed by atoms with van der Waals surface area (Å²) in [4.78, 5) is 14.3. The van der Waals surface area contributed by atoms with Crippen LogP contribution in [0.4, 0.5) is 0 Å². The molecular formula is C9H14N2O4S2. The van der Waals surface area contributed by atoms with Crippen LogP contribution >= 0.6 is 11.3 Å². The minimum Gasteiger partial charge on any atom is -0.481 e. The van der Waals surface area contributed by atoms with Crippen LogP contribution in [0.25, 0.3) is 0 Å². The molecule has 0 saturated carbocycles. The summed E-state index contributed by atoms with van der Waals surface area (Å²) in [6, 6.07) is 0. The topological polar surface area (TPSA) is 96.4 Å². The van der Waals surface area contributed by atoms with Crippen molar-refractivity contribution in [3.05, 3.63) is 16.6 Å². The fourth-order valence-electron chi connectivity index (χ4n) is 1.18. The number of aliphatic carboxylic acids is 1. The fourth-order valence-corrected chi connectivity index (χ4v) is 2.88. The highest BCUT2D eigenvalue weighted by Gasteiger charge is 2.10. The van der Waals surface area contributed by atoms with E-state index in [1.807, 2.05) is 5.38 Å². The molecule has 96 valence electrons. The van der Waals surface area contributed by atoms with Gasteiger partial charge in [-0.3, -0.25) is 4.79 Å². The molecule has 0 aromatic carbocycles. The lowest BCUT2D eigenvalue weighted by Gasteiger charge is -2.04. The number of hydrogen-bond acceptors (Lipinski definition) is 5. The molecule has 0 aliphatic carbocycles. The zero-order valence-corrected chi connectivity index (χ0v) is 10.8. The van der Waals surface area contributed by atoms with Crippen molar-refractivity contribution < 1.29 is 18.3 Å². The molecule has 0 aliphatic heterocycles. The molecule has 1 aromatic rings. The van der Waals surface area contributed by atoms with Crippen LogP contribution < -0.4 is 4.72 Å². The predicted octanol–water partition coefficient (Wildman–Crippen LogP) is 0.470. The number of nitrogens with zero attached hydrogens (tertiary/aromatic N) is 1. The Morgan fingerprint density at radius 3 is 2.88 bits per heavy atom. The lowest BCUT2D eigenvalue weighted by atomic mass is 10.3. The van der Waals surface area contributed by atoms with Gasteiger partial charge in [0.1, 0.15) is 0 Å². The number of rotatable bonds is 8. The standard InChI is InChI=1S/C9H14N2O4S2/c12-9(13)2-1-7-17(14,15)11-4-3-8-10-5-6-16-8/h5-6,11H,1-4,7H2,(H,12,13). The summed E-state index contributed by atoms with van der Waals surface area (Å²) in [5.74, 6) is -1.14. The average Bonchev–Trinajstić information content (AvgIpc) is 2.69. The maximum absolute atomic E-state index is 11.4. The molecule has 0 aliphatic rings. The van der Waals surface area contributed by atoms with Gasteiger partial charge >= 0.3 is 5.97 Å². The maximum Gasteiger partial charge on any atom is 0.303 e. The van der Waals surface area contributed by atoms with E-state index in [9.17, 15) is 13.2 Å². The molecule has 0 saturated heterocycles. The molecule has 17 heavy (non-hydrogen) atoms. The summed E-state index contributed by atoms with van der Waals surface area (Å²) in [5, 5.41) is 11.1. The number of aromatic nitrogens is 1. The molecule has 0 atom stereocenters. The van der Waals surface area contributed by atoms with Gasteiger partial charge in [-0.25, -0.2) is 18.1 Å². The first kappa shape index (κ1) is 14.1. The number of carbonyl (C=O) groups is 1.